The highest BCUT2D eigenvalue weighted by molar-refractivity contribution is 5.91. The SMILES string of the molecule is COc1ccc(C[C@@]2(CCC(=O)NCCc3nc(-c4ccncc4)n[nH]3)CCC(=O)N2)c2ccccc12. The van der Waals surface area contributed by atoms with Crippen LogP contribution in [0.2, 0.25) is 0 Å². The van der Waals surface area contributed by atoms with E-state index in [1.165, 1.54) is 0 Å². The highest BCUT2D eigenvalue weighted by atomic mass is 16.5. The van der Waals surface area contributed by atoms with E-state index in [1.807, 2.05) is 36.4 Å². The topological polar surface area (TPSA) is 122 Å². The Labute approximate surface area is 215 Å². The van der Waals surface area contributed by atoms with Crippen LogP contribution in [-0.4, -0.2) is 51.2 Å². The Hall–Kier alpha value is -4.27. The Morgan fingerprint density at radius 1 is 1.11 bits per heavy atom. The Balaban J connectivity index is 1.19. The second-order valence-electron chi connectivity index (χ2n) is 9.42. The first-order valence-electron chi connectivity index (χ1n) is 12.5. The molecule has 2 aromatic heterocycles. The number of ether oxygens (including phenoxy) is 1. The predicted octanol–water partition coefficient (Wildman–Crippen LogP) is 3.36. The second-order valence-corrected chi connectivity index (χ2v) is 9.42. The van der Waals surface area contributed by atoms with Crippen LogP contribution >= 0.6 is 0 Å². The molecule has 5 rings (SSSR count). The highest BCUT2D eigenvalue weighted by Gasteiger charge is 2.38. The average molecular weight is 499 g/mol. The van der Waals surface area contributed by atoms with Crippen LogP contribution < -0.4 is 15.4 Å². The van der Waals surface area contributed by atoms with Gasteiger partial charge in [0, 0.05) is 54.7 Å². The maximum atomic E-state index is 12.7. The van der Waals surface area contributed by atoms with E-state index >= 15 is 0 Å². The van der Waals surface area contributed by atoms with Crippen molar-refractivity contribution < 1.29 is 14.3 Å². The van der Waals surface area contributed by atoms with Gasteiger partial charge in [0.05, 0.1) is 7.11 Å². The van der Waals surface area contributed by atoms with Crippen LogP contribution in [0.25, 0.3) is 22.2 Å². The fraction of sp³-hybridized carbons (Fsp3) is 0.321. The maximum absolute atomic E-state index is 12.7. The molecule has 190 valence electrons. The number of nitrogens with one attached hydrogen (secondary N) is 3. The van der Waals surface area contributed by atoms with Crippen LogP contribution in [0.4, 0.5) is 0 Å². The lowest BCUT2D eigenvalue weighted by Gasteiger charge is -2.30. The number of pyridine rings is 1. The lowest BCUT2D eigenvalue weighted by atomic mass is 9.83. The molecule has 1 fully saturated rings. The minimum atomic E-state index is -0.448. The molecular formula is C28H30N6O3. The number of benzene rings is 2. The largest absolute Gasteiger partial charge is 0.496 e. The quantitative estimate of drug-likeness (QED) is 0.308. The van der Waals surface area contributed by atoms with Crippen molar-refractivity contribution in [1.29, 1.82) is 0 Å². The Bertz CT molecular complexity index is 1400. The summed E-state index contributed by atoms with van der Waals surface area (Å²) in [6.45, 7) is 0.451. The highest BCUT2D eigenvalue weighted by Crippen LogP contribution is 2.34. The van der Waals surface area contributed by atoms with Gasteiger partial charge in [0.2, 0.25) is 11.8 Å². The van der Waals surface area contributed by atoms with E-state index in [0.29, 0.717) is 56.7 Å². The van der Waals surface area contributed by atoms with Gasteiger partial charge in [-0.05, 0) is 48.4 Å². The predicted molar refractivity (Wildman–Crippen MR) is 140 cm³/mol. The summed E-state index contributed by atoms with van der Waals surface area (Å²) in [5, 5.41) is 15.5. The van der Waals surface area contributed by atoms with Crippen LogP contribution in [-0.2, 0) is 22.4 Å². The van der Waals surface area contributed by atoms with Gasteiger partial charge in [-0.15, -0.1) is 0 Å². The molecule has 0 bridgehead atoms. The number of rotatable bonds is 10. The van der Waals surface area contributed by atoms with Crippen molar-refractivity contribution in [3.8, 4) is 17.1 Å². The number of aromatic amines is 1. The molecule has 1 atom stereocenters. The first-order chi connectivity index (χ1) is 18.0. The van der Waals surface area contributed by atoms with Crippen molar-refractivity contribution in [3.63, 3.8) is 0 Å². The normalized spacial score (nSPS) is 17.1. The number of amides is 2. The summed E-state index contributed by atoms with van der Waals surface area (Å²) in [6.07, 6.45) is 6.67. The zero-order valence-electron chi connectivity index (χ0n) is 20.8. The molecule has 3 heterocycles. The molecule has 37 heavy (non-hydrogen) atoms. The number of nitrogens with zero attached hydrogens (tertiary/aromatic N) is 3. The Morgan fingerprint density at radius 2 is 1.92 bits per heavy atom. The molecule has 0 spiro atoms. The number of hydrogen-bond acceptors (Lipinski definition) is 6. The fourth-order valence-corrected chi connectivity index (χ4v) is 5.01. The number of H-pyrrole nitrogens is 1. The average Bonchev–Trinajstić information content (AvgIpc) is 3.55. The van der Waals surface area contributed by atoms with E-state index in [2.05, 4.69) is 42.9 Å². The van der Waals surface area contributed by atoms with Crippen molar-refractivity contribution >= 4 is 22.6 Å². The monoisotopic (exact) mass is 498 g/mol. The zero-order chi connectivity index (χ0) is 25.7. The minimum absolute atomic E-state index is 0.0357. The van der Waals surface area contributed by atoms with Gasteiger partial charge in [-0.25, -0.2) is 4.98 Å². The van der Waals surface area contributed by atoms with Crippen LogP contribution in [0.5, 0.6) is 5.75 Å². The summed E-state index contributed by atoms with van der Waals surface area (Å²) in [7, 11) is 1.67. The molecule has 3 N–H and O–H groups in total. The molecule has 0 radical (unpaired) electrons. The van der Waals surface area contributed by atoms with Gasteiger partial charge in [0.1, 0.15) is 11.6 Å². The molecule has 0 aliphatic carbocycles. The fourth-order valence-electron chi connectivity index (χ4n) is 5.01. The van der Waals surface area contributed by atoms with Gasteiger partial charge in [0.15, 0.2) is 5.82 Å². The maximum Gasteiger partial charge on any atom is 0.220 e. The lowest BCUT2D eigenvalue weighted by Crippen LogP contribution is -2.44. The first-order valence-corrected chi connectivity index (χ1v) is 12.5. The van der Waals surface area contributed by atoms with E-state index in [-0.39, 0.29) is 11.8 Å². The summed E-state index contributed by atoms with van der Waals surface area (Å²) in [5.41, 5.74) is 1.57. The molecule has 1 aliphatic heterocycles. The van der Waals surface area contributed by atoms with Gasteiger partial charge in [-0.1, -0.05) is 30.3 Å². The third-order valence-corrected chi connectivity index (χ3v) is 6.94. The number of carbonyl (C=O) groups is 2. The number of aromatic nitrogens is 4. The molecule has 9 nitrogen and oxygen atoms in total. The van der Waals surface area contributed by atoms with Crippen molar-refractivity contribution in [2.24, 2.45) is 0 Å². The summed E-state index contributed by atoms with van der Waals surface area (Å²) in [6, 6.07) is 15.8. The molecule has 4 aromatic rings. The van der Waals surface area contributed by atoms with Crippen molar-refractivity contribution in [1.82, 2.24) is 30.8 Å². The third-order valence-electron chi connectivity index (χ3n) is 6.94. The first kappa shape index (κ1) is 24.4. The van der Waals surface area contributed by atoms with E-state index < -0.39 is 5.54 Å². The number of carbonyl (C=O) groups excluding carboxylic acids is 2. The van der Waals surface area contributed by atoms with Gasteiger partial charge < -0.3 is 15.4 Å². The van der Waals surface area contributed by atoms with Crippen LogP contribution in [0, 0.1) is 0 Å². The molecule has 2 amide bonds. The van der Waals surface area contributed by atoms with Crippen LogP contribution in [0.1, 0.15) is 37.1 Å². The molecule has 1 aliphatic rings. The smallest absolute Gasteiger partial charge is 0.220 e. The van der Waals surface area contributed by atoms with E-state index in [9.17, 15) is 9.59 Å². The summed E-state index contributed by atoms with van der Waals surface area (Å²) < 4.78 is 5.53. The number of fused-ring (bicyclic) bond motifs is 1. The summed E-state index contributed by atoms with van der Waals surface area (Å²) in [4.78, 5) is 33.4. The van der Waals surface area contributed by atoms with E-state index in [1.54, 1.807) is 19.5 Å². The standard InChI is InChI=1S/C28H30N6O3/c1-37-23-7-6-20(21-4-2-3-5-22(21)23)18-28(14-9-26(36)32-28)13-8-25(35)30-17-12-24-31-27(34-33-24)19-10-15-29-16-11-19/h2-7,10-11,15-16H,8-9,12-14,17-18H2,1H3,(H,30,35)(H,32,36)(H,31,33,34)/t28-/m1/s1. The third kappa shape index (κ3) is 5.61. The second kappa shape index (κ2) is 10.8. The van der Waals surface area contributed by atoms with Crippen molar-refractivity contribution in [2.45, 2.75) is 44.1 Å². The molecule has 0 saturated carbocycles. The molecule has 0 unspecified atom stereocenters. The van der Waals surface area contributed by atoms with E-state index in [0.717, 1.165) is 27.6 Å². The molecular weight excluding hydrogens is 468 g/mol. The van der Waals surface area contributed by atoms with Crippen molar-refractivity contribution in [2.75, 3.05) is 13.7 Å². The molecule has 2 aromatic carbocycles. The zero-order valence-corrected chi connectivity index (χ0v) is 20.8. The minimum Gasteiger partial charge on any atom is -0.496 e. The van der Waals surface area contributed by atoms with Gasteiger partial charge >= 0.3 is 0 Å². The lowest BCUT2D eigenvalue weighted by molar-refractivity contribution is -0.122. The summed E-state index contributed by atoms with van der Waals surface area (Å²) in [5.74, 6) is 2.12. The Morgan fingerprint density at radius 3 is 2.68 bits per heavy atom. The van der Waals surface area contributed by atoms with Gasteiger partial charge in [-0.2, -0.15) is 5.10 Å². The van der Waals surface area contributed by atoms with Gasteiger partial charge in [0.25, 0.3) is 0 Å². The number of methoxy groups -OCH3 is 1. The van der Waals surface area contributed by atoms with Crippen LogP contribution in [0.15, 0.2) is 60.9 Å². The van der Waals surface area contributed by atoms with Crippen molar-refractivity contribution in [3.05, 3.63) is 72.3 Å². The van der Waals surface area contributed by atoms with E-state index in [4.69, 9.17) is 4.74 Å². The molecule has 9 heteroatoms. The number of hydrogen-bond donors (Lipinski definition) is 3. The summed E-state index contributed by atoms with van der Waals surface area (Å²) >= 11 is 0. The molecule has 1 saturated heterocycles. The van der Waals surface area contributed by atoms with Crippen LogP contribution in [0.3, 0.4) is 0 Å². The Kier molecular flexibility index (Phi) is 7.11. The van der Waals surface area contributed by atoms with Gasteiger partial charge in [-0.3, -0.25) is 19.7 Å².